The van der Waals surface area contributed by atoms with E-state index in [0.717, 1.165) is 17.3 Å². The Morgan fingerprint density at radius 2 is 1.95 bits per heavy atom. The number of nitrogens with zero attached hydrogens (tertiary/aromatic N) is 1. The fourth-order valence-corrected chi connectivity index (χ4v) is 2.73. The lowest BCUT2D eigenvalue weighted by Crippen LogP contribution is -2.32. The van der Waals surface area contributed by atoms with Crippen LogP contribution in [-0.4, -0.2) is 28.0 Å². The summed E-state index contributed by atoms with van der Waals surface area (Å²) in [7, 11) is 0. The molecule has 0 radical (unpaired) electrons. The molecule has 0 bridgehead atoms. The Hall–Kier alpha value is -0.970. The normalized spacial score (nSPS) is 19.3. The summed E-state index contributed by atoms with van der Waals surface area (Å²) in [6.45, 7) is 1.97. The average Bonchev–Trinajstić information content (AvgIpc) is 2.60. The van der Waals surface area contributed by atoms with E-state index in [0.29, 0.717) is 9.93 Å². The zero-order valence-electron chi connectivity index (χ0n) is 10.1. The van der Waals surface area contributed by atoms with E-state index in [1.54, 1.807) is 37.3 Å². The van der Waals surface area contributed by atoms with Crippen LogP contribution in [0.25, 0.3) is 6.08 Å². The molecule has 1 aromatic rings. The highest BCUT2D eigenvalue weighted by molar-refractivity contribution is 8.18. The molecule has 1 heterocycles. The summed E-state index contributed by atoms with van der Waals surface area (Å²) >= 11 is 12.5. The maximum atomic E-state index is 12.1. The van der Waals surface area contributed by atoms with Crippen LogP contribution in [0.15, 0.2) is 29.2 Å². The van der Waals surface area contributed by atoms with Crippen molar-refractivity contribution in [3.05, 3.63) is 39.8 Å². The molecule has 1 fully saturated rings. The molecule has 1 saturated heterocycles. The Bertz CT molecular complexity index is 540. The lowest BCUT2D eigenvalue weighted by atomic mass is 10.2. The second kappa shape index (κ2) is 5.99. The summed E-state index contributed by atoms with van der Waals surface area (Å²) in [5.41, 5.74) is 0.828. The molecular weight excluding hydrogens is 305 g/mol. The maximum absolute atomic E-state index is 12.1. The van der Waals surface area contributed by atoms with Gasteiger partial charge in [-0.3, -0.25) is 14.5 Å². The summed E-state index contributed by atoms with van der Waals surface area (Å²) in [6, 6.07) is 7.05. The number of benzene rings is 1. The van der Waals surface area contributed by atoms with Gasteiger partial charge in [-0.2, -0.15) is 0 Å². The predicted molar refractivity (Wildman–Crippen MR) is 79.4 cm³/mol. The molecule has 1 aromatic carbocycles. The Balaban J connectivity index is 2.20. The van der Waals surface area contributed by atoms with Gasteiger partial charge in [0.05, 0.1) is 4.91 Å². The molecule has 0 N–H and O–H groups in total. The van der Waals surface area contributed by atoms with Crippen LogP contribution in [0.1, 0.15) is 12.5 Å². The largest absolute Gasteiger partial charge is 0.293 e. The molecule has 0 aliphatic carbocycles. The van der Waals surface area contributed by atoms with Gasteiger partial charge in [-0.25, -0.2) is 0 Å². The summed E-state index contributed by atoms with van der Waals surface area (Å²) in [4.78, 5) is 25.4. The highest BCUT2D eigenvalue weighted by Gasteiger charge is 2.35. The highest BCUT2D eigenvalue weighted by atomic mass is 35.5. The minimum Gasteiger partial charge on any atom is -0.268 e. The topological polar surface area (TPSA) is 37.4 Å². The first-order chi connectivity index (χ1) is 8.97. The third-order valence-corrected chi connectivity index (χ3v) is 3.77. The summed E-state index contributed by atoms with van der Waals surface area (Å²) in [5.74, 6) is -0.294. The van der Waals surface area contributed by atoms with Gasteiger partial charge >= 0.3 is 0 Å². The fourth-order valence-electron chi connectivity index (χ4n) is 1.62. The number of hydrogen-bond acceptors (Lipinski definition) is 3. The second-order valence-corrected chi connectivity index (χ2v) is 6.30. The second-order valence-electron chi connectivity index (χ2n) is 4.12. The van der Waals surface area contributed by atoms with Crippen molar-refractivity contribution < 1.29 is 9.59 Å². The lowest BCUT2D eigenvalue weighted by molar-refractivity contribution is -0.122. The van der Waals surface area contributed by atoms with Gasteiger partial charge in [-0.1, -0.05) is 23.7 Å². The Morgan fingerprint density at radius 1 is 1.32 bits per heavy atom. The molecule has 1 unspecified atom stereocenters. The van der Waals surface area contributed by atoms with Crippen molar-refractivity contribution in [2.45, 2.75) is 12.3 Å². The zero-order chi connectivity index (χ0) is 14.0. The third-order valence-electron chi connectivity index (χ3n) is 2.48. The minimum absolute atomic E-state index is 0.226. The number of alkyl halides is 1. The first-order valence-electron chi connectivity index (χ1n) is 5.62. The van der Waals surface area contributed by atoms with Crippen molar-refractivity contribution in [1.82, 2.24) is 4.90 Å². The third kappa shape index (κ3) is 3.53. The van der Waals surface area contributed by atoms with Gasteiger partial charge in [0, 0.05) is 16.9 Å². The van der Waals surface area contributed by atoms with Crippen molar-refractivity contribution in [2.24, 2.45) is 0 Å². The van der Waals surface area contributed by atoms with E-state index in [2.05, 4.69) is 0 Å². The van der Waals surface area contributed by atoms with Crippen molar-refractivity contribution in [3.63, 3.8) is 0 Å². The van der Waals surface area contributed by atoms with E-state index in [9.17, 15) is 9.59 Å². The van der Waals surface area contributed by atoms with Crippen molar-refractivity contribution >= 4 is 52.2 Å². The molecule has 100 valence electrons. The summed E-state index contributed by atoms with van der Waals surface area (Å²) in [6.07, 6.45) is 1.68. The molecule has 1 aliphatic heterocycles. The summed E-state index contributed by atoms with van der Waals surface area (Å²) < 4.78 is 0. The van der Waals surface area contributed by atoms with Crippen molar-refractivity contribution in [3.8, 4) is 0 Å². The molecule has 3 nitrogen and oxygen atoms in total. The van der Waals surface area contributed by atoms with E-state index in [-0.39, 0.29) is 23.1 Å². The Kier molecular flexibility index (Phi) is 4.55. The van der Waals surface area contributed by atoms with Crippen LogP contribution in [0.3, 0.4) is 0 Å². The maximum Gasteiger partial charge on any atom is 0.293 e. The molecule has 0 spiro atoms. The van der Waals surface area contributed by atoms with Crippen LogP contribution in [-0.2, 0) is 4.79 Å². The van der Waals surface area contributed by atoms with Crippen LogP contribution in [0.5, 0.6) is 0 Å². The summed E-state index contributed by atoms with van der Waals surface area (Å²) in [5, 5.41) is 0.0855. The molecule has 2 amide bonds. The van der Waals surface area contributed by atoms with Gasteiger partial charge < -0.3 is 0 Å². The smallest absolute Gasteiger partial charge is 0.268 e. The number of thioether (sulfide) groups is 1. The van der Waals surface area contributed by atoms with Gasteiger partial charge in [-0.15, -0.1) is 11.6 Å². The minimum atomic E-state index is -0.294. The van der Waals surface area contributed by atoms with E-state index < -0.39 is 0 Å². The fraction of sp³-hybridized carbons (Fsp3) is 0.231. The lowest BCUT2D eigenvalue weighted by Gasteiger charge is -2.13. The number of rotatable bonds is 3. The molecule has 0 aromatic heterocycles. The zero-order valence-corrected chi connectivity index (χ0v) is 12.4. The van der Waals surface area contributed by atoms with Crippen LogP contribution >= 0.6 is 35.0 Å². The van der Waals surface area contributed by atoms with Gasteiger partial charge in [-0.05, 0) is 42.5 Å². The first kappa shape index (κ1) is 14.4. The van der Waals surface area contributed by atoms with Crippen molar-refractivity contribution in [2.75, 3.05) is 6.54 Å². The van der Waals surface area contributed by atoms with E-state index in [1.165, 1.54) is 4.90 Å². The van der Waals surface area contributed by atoms with Crippen LogP contribution < -0.4 is 0 Å². The molecule has 0 saturated carbocycles. The molecule has 1 aliphatic rings. The van der Waals surface area contributed by atoms with E-state index >= 15 is 0 Å². The number of amides is 2. The van der Waals surface area contributed by atoms with Gasteiger partial charge in [0.2, 0.25) is 0 Å². The van der Waals surface area contributed by atoms with E-state index in [4.69, 9.17) is 23.2 Å². The van der Waals surface area contributed by atoms with Crippen LogP contribution in [0, 0.1) is 0 Å². The number of imide groups is 1. The monoisotopic (exact) mass is 315 g/mol. The van der Waals surface area contributed by atoms with Gasteiger partial charge in [0.1, 0.15) is 0 Å². The number of carbonyl (C=O) groups is 2. The Labute approximate surface area is 125 Å². The van der Waals surface area contributed by atoms with Crippen LogP contribution in [0.2, 0.25) is 5.02 Å². The number of halogens is 2. The van der Waals surface area contributed by atoms with Crippen molar-refractivity contribution in [1.29, 1.82) is 0 Å². The number of hydrogen-bond donors (Lipinski definition) is 0. The first-order valence-corrected chi connectivity index (χ1v) is 7.25. The molecule has 6 heteroatoms. The average molecular weight is 316 g/mol. The predicted octanol–water partition coefficient (Wildman–Crippen LogP) is 4.00. The molecule has 19 heavy (non-hydrogen) atoms. The number of carbonyl (C=O) groups excluding carboxylic acids is 2. The SMILES string of the molecule is CC(Cl)CN1C(=O)SC(=Cc2ccc(Cl)cc2)C1=O. The Morgan fingerprint density at radius 3 is 2.53 bits per heavy atom. The van der Waals surface area contributed by atoms with E-state index in [1.807, 2.05) is 0 Å². The standard InChI is InChI=1S/C13H11Cl2NO2S/c1-8(14)7-16-12(17)11(19-13(16)18)6-9-2-4-10(15)5-3-9/h2-6,8H,7H2,1H3. The van der Waals surface area contributed by atoms with Gasteiger partial charge in [0.25, 0.3) is 11.1 Å². The molecule has 2 rings (SSSR count). The highest BCUT2D eigenvalue weighted by Crippen LogP contribution is 2.32. The van der Waals surface area contributed by atoms with Crippen LogP contribution in [0.4, 0.5) is 4.79 Å². The molecular formula is C13H11Cl2NO2S. The molecule has 1 atom stereocenters. The quantitative estimate of drug-likeness (QED) is 0.625. The van der Waals surface area contributed by atoms with Gasteiger partial charge in [0.15, 0.2) is 0 Å².